The van der Waals surface area contributed by atoms with Gasteiger partial charge in [0.1, 0.15) is 35.3 Å². The van der Waals surface area contributed by atoms with E-state index in [0.717, 1.165) is 19.4 Å². The first-order chi connectivity index (χ1) is 18.2. The summed E-state index contributed by atoms with van der Waals surface area (Å²) in [6.07, 6.45) is -0.0702. The highest BCUT2D eigenvalue weighted by Crippen LogP contribution is 2.42. The van der Waals surface area contributed by atoms with E-state index in [1.165, 1.54) is 17.5 Å². The molecule has 1 unspecified atom stereocenters. The third-order valence-electron chi connectivity index (χ3n) is 6.86. The van der Waals surface area contributed by atoms with Crippen molar-refractivity contribution >= 4 is 49.8 Å². The highest BCUT2D eigenvalue weighted by molar-refractivity contribution is 9.10. The van der Waals surface area contributed by atoms with Crippen molar-refractivity contribution < 1.29 is 27.0 Å². The van der Waals surface area contributed by atoms with Crippen LogP contribution >= 0.6 is 38.9 Å². The van der Waals surface area contributed by atoms with Gasteiger partial charge in [-0.2, -0.15) is 4.98 Å². The van der Waals surface area contributed by atoms with Crippen LogP contribution in [0.3, 0.4) is 0 Å². The smallest absolute Gasteiger partial charge is 0.297 e. The number of nitrogens with zero attached hydrogens (tertiary/aromatic N) is 3. The lowest BCUT2D eigenvalue weighted by molar-refractivity contribution is 0.107. The second-order valence-corrected chi connectivity index (χ2v) is 11.4. The summed E-state index contributed by atoms with van der Waals surface area (Å²) in [7, 11) is 0. The number of rotatable bonds is 10. The average Bonchev–Trinajstić information content (AvgIpc) is 3.60. The Bertz CT molecular complexity index is 1370. The molecule has 2 aliphatic heterocycles. The fraction of sp³-hybridized carbons (Fsp3) is 0.522. The molecule has 0 radical (unpaired) electrons. The summed E-state index contributed by atoms with van der Waals surface area (Å²) in [6.45, 7) is 0.385. The second kappa shape index (κ2) is 11.2. The molecular formula is C23H23BrClF4N5O3S. The zero-order chi connectivity index (χ0) is 27.0. The van der Waals surface area contributed by atoms with E-state index < -0.39 is 42.1 Å². The maximum Gasteiger partial charge on any atom is 0.297 e. The molecule has 5 rings (SSSR count). The number of benzene rings is 1. The molecule has 0 spiro atoms. The molecule has 2 fully saturated rings. The van der Waals surface area contributed by atoms with E-state index in [2.05, 4.69) is 36.2 Å². The lowest BCUT2D eigenvalue weighted by Crippen LogP contribution is -2.43. The van der Waals surface area contributed by atoms with E-state index in [1.54, 1.807) is 5.51 Å². The van der Waals surface area contributed by atoms with Crippen molar-refractivity contribution in [2.75, 3.05) is 32.8 Å². The highest BCUT2D eigenvalue weighted by atomic mass is 79.9. The average molecular weight is 641 g/mol. The number of hydrogen-bond acceptors (Lipinski definition) is 8. The molecule has 0 saturated carbocycles. The van der Waals surface area contributed by atoms with E-state index in [0.29, 0.717) is 17.8 Å². The largest absolute Gasteiger partial charge is 0.489 e. The van der Waals surface area contributed by atoms with E-state index >= 15 is 4.39 Å². The van der Waals surface area contributed by atoms with Gasteiger partial charge in [-0.1, -0.05) is 11.6 Å². The number of aromatic amines is 1. The van der Waals surface area contributed by atoms with Gasteiger partial charge in [0.2, 0.25) is 0 Å². The number of fused-ring (bicyclic) bond motifs is 2. The van der Waals surface area contributed by atoms with Crippen molar-refractivity contribution in [2.45, 2.75) is 43.4 Å². The number of hydrogen-bond donors (Lipinski definition) is 2. The lowest BCUT2D eigenvalue weighted by Gasteiger charge is -2.30. The Morgan fingerprint density at radius 1 is 1.39 bits per heavy atom. The summed E-state index contributed by atoms with van der Waals surface area (Å²) in [4.78, 5) is 26.4. The summed E-state index contributed by atoms with van der Waals surface area (Å²) in [6, 6.07) is -0.910. The molecule has 1 aromatic carbocycles. The molecule has 3 aromatic rings. The Morgan fingerprint density at radius 3 is 2.95 bits per heavy atom. The maximum absolute atomic E-state index is 15.2. The van der Waals surface area contributed by atoms with Gasteiger partial charge in [0, 0.05) is 24.0 Å². The molecule has 0 amide bonds. The second-order valence-electron chi connectivity index (χ2n) is 9.30. The lowest BCUT2D eigenvalue weighted by atomic mass is 9.95. The Morgan fingerprint density at radius 2 is 2.21 bits per heavy atom. The minimum atomic E-state index is -2.60. The topological polar surface area (TPSA) is 92.4 Å². The molecule has 2 aliphatic rings. The fourth-order valence-corrected chi connectivity index (χ4v) is 6.41. The van der Waals surface area contributed by atoms with Crippen LogP contribution in [0.1, 0.15) is 30.2 Å². The van der Waals surface area contributed by atoms with Crippen molar-refractivity contribution in [1.82, 2.24) is 25.2 Å². The third kappa shape index (κ3) is 5.37. The van der Waals surface area contributed by atoms with E-state index in [4.69, 9.17) is 21.1 Å². The summed E-state index contributed by atoms with van der Waals surface area (Å²) < 4.78 is 66.4. The van der Waals surface area contributed by atoms with Gasteiger partial charge in [0.25, 0.3) is 18.0 Å². The van der Waals surface area contributed by atoms with Crippen molar-refractivity contribution in [3.8, 4) is 11.8 Å². The van der Waals surface area contributed by atoms with Gasteiger partial charge < -0.3 is 14.8 Å². The molecule has 3 atom stereocenters. The summed E-state index contributed by atoms with van der Waals surface area (Å²) in [5.41, 5.74) is -0.0560. The predicted octanol–water partition coefficient (Wildman–Crippen LogP) is 4.86. The molecule has 8 nitrogen and oxygen atoms in total. The summed E-state index contributed by atoms with van der Waals surface area (Å²) >= 11 is 10.6. The van der Waals surface area contributed by atoms with Gasteiger partial charge >= 0.3 is 0 Å². The molecule has 38 heavy (non-hydrogen) atoms. The zero-order valence-corrected chi connectivity index (χ0v) is 22.9. The van der Waals surface area contributed by atoms with Crippen molar-refractivity contribution in [3.63, 3.8) is 0 Å². The van der Waals surface area contributed by atoms with E-state index in [1.807, 2.05) is 4.90 Å². The van der Waals surface area contributed by atoms with Crippen LogP contribution in [0.25, 0.3) is 10.9 Å². The number of H-pyrrole nitrogens is 1. The minimum absolute atomic E-state index is 0.0912. The maximum atomic E-state index is 15.2. The summed E-state index contributed by atoms with van der Waals surface area (Å²) in [5.74, 6) is -1.06. The number of aromatic nitrogens is 3. The highest BCUT2D eigenvalue weighted by Gasteiger charge is 2.49. The van der Waals surface area contributed by atoms with Crippen LogP contribution in [0, 0.1) is 5.82 Å². The van der Waals surface area contributed by atoms with Gasteiger partial charge in [-0.15, -0.1) is 11.3 Å². The third-order valence-corrected chi connectivity index (χ3v) is 9.09. The zero-order valence-electron chi connectivity index (χ0n) is 19.8. The fourth-order valence-electron chi connectivity index (χ4n) is 5.12. The molecule has 206 valence electrons. The van der Waals surface area contributed by atoms with E-state index in [-0.39, 0.29) is 45.4 Å². The quantitative estimate of drug-likeness (QED) is 0.242. The van der Waals surface area contributed by atoms with Gasteiger partial charge in [-0.3, -0.25) is 19.7 Å². The Labute approximate surface area is 231 Å². The van der Waals surface area contributed by atoms with Gasteiger partial charge in [-0.05, 0) is 35.3 Å². The SMILES string of the molecule is O=c1[nH]c(OC[C@@]23CCCN2C[C@H](F)C3)nc2c(F)c(Br)c(Cl)c(OCC(NCC(F)F)c3cncs3)c12. The Balaban J connectivity index is 1.43. The van der Waals surface area contributed by atoms with Gasteiger partial charge in [0.15, 0.2) is 11.6 Å². The Hall–Kier alpha value is -2.00. The van der Waals surface area contributed by atoms with Crippen molar-refractivity contribution in [3.05, 3.63) is 42.3 Å². The van der Waals surface area contributed by atoms with Crippen molar-refractivity contribution in [1.29, 1.82) is 0 Å². The van der Waals surface area contributed by atoms with Crippen LogP contribution in [0.5, 0.6) is 11.8 Å². The standard InChI is InChI=1S/C23H23BrClF4N5O3S/c24-16-17(25)20(36-8-12(31-6-14(27)28)13-5-30-10-38-13)15-19(18(16)29)32-22(33-21(15)35)37-9-23-2-1-3-34(23)7-11(26)4-23/h5,10-12,14,31H,1-4,6-9H2,(H,32,33,35)/t11-,12?,23+/m1/s1. The number of nitrogens with one attached hydrogen (secondary N) is 2. The normalized spacial score (nSPS) is 22.3. The molecule has 0 bridgehead atoms. The molecule has 2 aromatic heterocycles. The van der Waals surface area contributed by atoms with Crippen LogP contribution in [0.2, 0.25) is 5.02 Å². The van der Waals surface area contributed by atoms with Crippen LogP contribution in [0.4, 0.5) is 17.6 Å². The van der Waals surface area contributed by atoms with Crippen LogP contribution < -0.4 is 20.3 Å². The number of halogens is 6. The summed E-state index contributed by atoms with van der Waals surface area (Å²) in [5, 5.41) is 2.21. The monoisotopic (exact) mass is 639 g/mol. The van der Waals surface area contributed by atoms with Crippen LogP contribution in [-0.4, -0.2) is 70.8 Å². The van der Waals surface area contributed by atoms with Gasteiger partial charge in [0.05, 0.1) is 28.1 Å². The number of thiazole rings is 1. The molecule has 4 heterocycles. The Kier molecular flexibility index (Phi) is 8.15. The number of alkyl halides is 3. The first-order valence-corrected chi connectivity index (χ1v) is 13.9. The van der Waals surface area contributed by atoms with Crippen LogP contribution in [-0.2, 0) is 0 Å². The first-order valence-electron chi connectivity index (χ1n) is 11.8. The van der Waals surface area contributed by atoms with E-state index in [9.17, 15) is 18.0 Å². The van der Waals surface area contributed by atoms with Crippen LogP contribution in [0.15, 0.2) is 21.0 Å². The minimum Gasteiger partial charge on any atom is -0.489 e. The molecular weight excluding hydrogens is 618 g/mol. The molecule has 2 saturated heterocycles. The number of ether oxygens (including phenoxy) is 2. The van der Waals surface area contributed by atoms with Crippen molar-refractivity contribution in [2.24, 2.45) is 0 Å². The van der Waals surface area contributed by atoms with Gasteiger partial charge in [-0.25, -0.2) is 17.6 Å². The molecule has 2 N–H and O–H groups in total. The molecule has 15 heteroatoms. The first kappa shape index (κ1) is 27.6. The predicted molar refractivity (Wildman–Crippen MR) is 138 cm³/mol. The molecule has 0 aliphatic carbocycles.